The molecular weight excluding hydrogens is 403 g/mol. The third kappa shape index (κ3) is 6.65. The van der Waals surface area contributed by atoms with Crippen LogP contribution in [0.3, 0.4) is 0 Å². The largest absolute Gasteiger partial charge is 0.355 e. The number of amides is 1. The van der Waals surface area contributed by atoms with Gasteiger partial charge in [0.25, 0.3) is 0 Å². The average molecular weight is 421 g/mol. The first-order valence-corrected chi connectivity index (χ1v) is 10.7. The summed E-state index contributed by atoms with van der Waals surface area (Å²) in [6, 6.07) is 14.1. The minimum absolute atomic E-state index is 0.0376. The van der Waals surface area contributed by atoms with Gasteiger partial charge in [0.05, 0.1) is 12.1 Å². The Hall–Kier alpha value is -1.89. The molecule has 0 aliphatic rings. The summed E-state index contributed by atoms with van der Waals surface area (Å²) >= 11 is 8.97. The van der Waals surface area contributed by atoms with Crippen LogP contribution in [-0.2, 0) is 23.4 Å². The molecular formula is C20H18ClFN2OS2. The number of aromatic nitrogens is 1. The summed E-state index contributed by atoms with van der Waals surface area (Å²) in [5, 5.41) is 5.53. The van der Waals surface area contributed by atoms with Crippen LogP contribution in [0.4, 0.5) is 4.39 Å². The Bertz CT molecular complexity index is 882. The first-order valence-electron chi connectivity index (χ1n) is 8.41. The maximum absolute atomic E-state index is 12.9. The number of halogens is 2. The van der Waals surface area contributed by atoms with Crippen LogP contribution >= 0.6 is 34.7 Å². The van der Waals surface area contributed by atoms with Crippen LogP contribution in [0, 0.1) is 5.82 Å². The van der Waals surface area contributed by atoms with Crippen molar-refractivity contribution in [2.75, 3.05) is 6.54 Å². The number of carbonyl (C=O) groups excluding carboxylic acids is 1. The van der Waals surface area contributed by atoms with E-state index in [4.69, 9.17) is 11.6 Å². The van der Waals surface area contributed by atoms with Crippen LogP contribution in [0.5, 0.6) is 0 Å². The highest BCUT2D eigenvalue weighted by molar-refractivity contribution is 8.00. The van der Waals surface area contributed by atoms with Gasteiger partial charge in [-0.2, -0.15) is 0 Å². The summed E-state index contributed by atoms with van der Waals surface area (Å²) in [7, 11) is 0. The summed E-state index contributed by atoms with van der Waals surface area (Å²) in [5.74, 6) is 0.451. The third-order valence-electron chi connectivity index (χ3n) is 3.80. The van der Waals surface area contributed by atoms with Crippen LogP contribution in [-0.4, -0.2) is 17.4 Å². The van der Waals surface area contributed by atoms with Crippen molar-refractivity contribution in [2.24, 2.45) is 0 Å². The zero-order valence-electron chi connectivity index (χ0n) is 14.5. The predicted octanol–water partition coefficient (Wildman–Crippen LogP) is 5.13. The Labute approximate surface area is 171 Å². The van der Waals surface area contributed by atoms with Gasteiger partial charge < -0.3 is 5.32 Å². The molecule has 0 unspecified atom stereocenters. The summed E-state index contributed by atoms with van der Waals surface area (Å²) in [4.78, 5) is 16.6. The van der Waals surface area contributed by atoms with Crippen molar-refractivity contribution in [1.82, 2.24) is 10.3 Å². The molecule has 0 spiro atoms. The molecule has 3 nitrogen and oxygen atoms in total. The molecule has 1 amide bonds. The van der Waals surface area contributed by atoms with Crippen molar-refractivity contribution in [2.45, 2.75) is 22.9 Å². The number of thiazole rings is 1. The van der Waals surface area contributed by atoms with Crippen LogP contribution in [0.2, 0.25) is 5.02 Å². The molecule has 1 aromatic heterocycles. The van der Waals surface area contributed by atoms with Gasteiger partial charge in [0.1, 0.15) is 10.2 Å². The molecule has 0 bridgehead atoms. The van der Waals surface area contributed by atoms with Gasteiger partial charge in [0.15, 0.2) is 0 Å². The molecule has 0 radical (unpaired) electrons. The average Bonchev–Trinajstić information content (AvgIpc) is 3.10. The predicted molar refractivity (Wildman–Crippen MR) is 110 cm³/mol. The Morgan fingerprint density at radius 2 is 1.81 bits per heavy atom. The molecule has 0 saturated heterocycles. The zero-order chi connectivity index (χ0) is 19.1. The van der Waals surface area contributed by atoms with E-state index in [9.17, 15) is 9.18 Å². The first-order chi connectivity index (χ1) is 13.1. The molecule has 3 aromatic rings. The van der Waals surface area contributed by atoms with Gasteiger partial charge >= 0.3 is 0 Å². The molecule has 3 rings (SSSR count). The molecule has 0 aliphatic carbocycles. The van der Waals surface area contributed by atoms with Crippen molar-refractivity contribution in [1.29, 1.82) is 0 Å². The SMILES string of the molecule is O=C(Cc1csc(SCc2ccc(F)cc2)n1)NCCc1ccc(Cl)cc1. The summed E-state index contributed by atoms with van der Waals surface area (Å²) in [5.41, 5.74) is 2.94. The second kappa shape index (κ2) is 9.88. The number of carbonyl (C=O) groups is 1. The number of rotatable bonds is 8. The first kappa shape index (κ1) is 19.9. The summed E-state index contributed by atoms with van der Waals surface area (Å²) in [6.45, 7) is 0.580. The Morgan fingerprint density at radius 3 is 2.56 bits per heavy atom. The molecule has 0 atom stereocenters. The summed E-state index contributed by atoms with van der Waals surface area (Å²) in [6.07, 6.45) is 1.03. The molecule has 140 valence electrons. The van der Waals surface area contributed by atoms with Crippen LogP contribution in [0.25, 0.3) is 0 Å². The number of hydrogen-bond acceptors (Lipinski definition) is 4. The molecule has 1 N–H and O–H groups in total. The van der Waals surface area contributed by atoms with Crippen molar-refractivity contribution < 1.29 is 9.18 Å². The lowest BCUT2D eigenvalue weighted by Crippen LogP contribution is -2.27. The van der Waals surface area contributed by atoms with E-state index < -0.39 is 0 Å². The van der Waals surface area contributed by atoms with Gasteiger partial charge in [-0.1, -0.05) is 47.6 Å². The van der Waals surface area contributed by atoms with Gasteiger partial charge in [-0.05, 0) is 41.8 Å². The minimum atomic E-state index is -0.234. The van der Waals surface area contributed by atoms with Crippen molar-refractivity contribution in [3.63, 3.8) is 0 Å². The Kier molecular flexibility index (Phi) is 7.26. The Morgan fingerprint density at radius 1 is 1.11 bits per heavy atom. The van der Waals surface area contributed by atoms with E-state index in [0.717, 1.165) is 33.3 Å². The van der Waals surface area contributed by atoms with Gasteiger partial charge in [-0.25, -0.2) is 9.37 Å². The third-order valence-corrected chi connectivity index (χ3v) is 6.19. The van der Waals surface area contributed by atoms with Crippen LogP contribution in [0.15, 0.2) is 58.3 Å². The van der Waals surface area contributed by atoms with E-state index in [1.54, 1.807) is 23.9 Å². The quantitative estimate of drug-likeness (QED) is 0.513. The zero-order valence-corrected chi connectivity index (χ0v) is 16.8. The summed E-state index contributed by atoms with van der Waals surface area (Å²) < 4.78 is 13.8. The molecule has 27 heavy (non-hydrogen) atoms. The van der Waals surface area contributed by atoms with Crippen molar-refractivity contribution >= 4 is 40.6 Å². The number of thioether (sulfide) groups is 1. The molecule has 0 fully saturated rings. The minimum Gasteiger partial charge on any atom is -0.355 e. The topological polar surface area (TPSA) is 42.0 Å². The monoisotopic (exact) mass is 420 g/mol. The highest BCUT2D eigenvalue weighted by Gasteiger charge is 2.08. The van der Waals surface area contributed by atoms with Gasteiger partial charge in [-0.3, -0.25) is 4.79 Å². The second-order valence-electron chi connectivity index (χ2n) is 5.92. The van der Waals surface area contributed by atoms with E-state index in [2.05, 4.69) is 10.3 Å². The van der Waals surface area contributed by atoms with Gasteiger partial charge in [0, 0.05) is 22.7 Å². The molecule has 0 saturated carbocycles. The van der Waals surface area contributed by atoms with Crippen molar-refractivity contribution in [3.8, 4) is 0 Å². The normalized spacial score (nSPS) is 10.7. The van der Waals surface area contributed by atoms with Gasteiger partial charge in [-0.15, -0.1) is 11.3 Å². The fourth-order valence-corrected chi connectivity index (χ4v) is 4.31. The van der Waals surface area contributed by atoms with E-state index in [0.29, 0.717) is 11.6 Å². The molecule has 0 aliphatic heterocycles. The lowest BCUT2D eigenvalue weighted by Gasteiger charge is -2.04. The number of hydrogen-bond donors (Lipinski definition) is 1. The van der Waals surface area contributed by atoms with Gasteiger partial charge in [0.2, 0.25) is 5.91 Å². The standard InChI is InChI=1S/C20H18ClFN2OS2/c21-16-5-1-14(2-6-16)9-10-23-19(25)11-18-13-27-20(24-18)26-12-15-3-7-17(22)8-4-15/h1-8,13H,9-12H2,(H,23,25). The van der Waals surface area contributed by atoms with E-state index in [1.807, 2.05) is 29.6 Å². The number of nitrogens with zero attached hydrogens (tertiary/aromatic N) is 1. The number of nitrogens with one attached hydrogen (secondary N) is 1. The maximum atomic E-state index is 12.9. The van der Waals surface area contributed by atoms with E-state index >= 15 is 0 Å². The lowest BCUT2D eigenvalue weighted by atomic mass is 10.1. The maximum Gasteiger partial charge on any atom is 0.226 e. The molecule has 7 heteroatoms. The smallest absolute Gasteiger partial charge is 0.226 e. The Balaban J connectivity index is 1.40. The fraction of sp³-hybridized carbons (Fsp3) is 0.200. The van der Waals surface area contributed by atoms with Crippen LogP contribution < -0.4 is 5.32 Å². The fourth-order valence-electron chi connectivity index (χ4n) is 2.39. The van der Waals surface area contributed by atoms with Crippen molar-refractivity contribution in [3.05, 3.63) is 81.6 Å². The second-order valence-corrected chi connectivity index (χ2v) is 8.44. The van der Waals surface area contributed by atoms with E-state index in [1.165, 1.54) is 23.5 Å². The lowest BCUT2D eigenvalue weighted by molar-refractivity contribution is -0.120. The molecule has 1 heterocycles. The van der Waals surface area contributed by atoms with Crippen LogP contribution in [0.1, 0.15) is 16.8 Å². The number of benzene rings is 2. The highest BCUT2D eigenvalue weighted by atomic mass is 35.5. The van der Waals surface area contributed by atoms with E-state index in [-0.39, 0.29) is 18.1 Å². The molecule has 2 aromatic carbocycles. The highest BCUT2D eigenvalue weighted by Crippen LogP contribution is 2.26.